The van der Waals surface area contributed by atoms with Crippen molar-refractivity contribution in [3.05, 3.63) is 30.3 Å². The number of rotatable bonds is 3. The molecule has 1 atom stereocenters. The van der Waals surface area contributed by atoms with E-state index in [1.54, 1.807) is 0 Å². The van der Waals surface area contributed by atoms with Crippen LogP contribution in [0, 0.1) is 0 Å². The van der Waals surface area contributed by atoms with Gasteiger partial charge in [0.15, 0.2) is 0 Å². The molecule has 5 heteroatoms. The molecule has 0 bridgehead atoms. The van der Waals surface area contributed by atoms with Gasteiger partial charge in [0.1, 0.15) is 8.24 Å². The molecule has 0 amide bonds. The number of para-hydroxylation sites is 1. The van der Waals surface area contributed by atoms with E-state index in [2.05, 4.69) is 66.0 Å². The van der Waals surface area contributed by atoms with Crippen molar-refractivity contribution in [2.75, 3.05) is 24.9 Å². The van der Waals surface area contributed by atoms with Crippen molar-refractivity contribution >= 4 is 22.4 Å². The van der Waals surface area contributed by atoms with Crippen LogP contribution in [0.3, 0.4) is 0 Å². The molecule has 17 heavy (non-hydrogen) atoms. The fourth-order valence-corrected chi connectivity index (χ4v) is 5.71. The van der Waals surface area contributed by atoms with Crippen LogP contribution in [-0.4, -0.2) is 32.8 Å². The van der Waals surface area contributed by atoms with E-state index in [1.165, 1.54) is 5.69 Å². The molecular weight excluding hydrogens is 247 g/mol. The zero-order valence-corrected chi connectivity index (χ0v) is 12.9. The minimum atomic E-state index is -1.30. The predicted octanol–water partition coefficient (Wildman–Crippen LogP) is 3.52. The Bertz CT molecular complexity index is 369. The van der Waals surface area contributed by atoms with Gasteiger partial charge in [0.2, 0.25) is 8.45 Å². The first-order valence-corrected chi connectivity index (χ1v) is 10.6. The summed E-state index contributed by atoms with van der Waals surface area (Å²) in [5, 5.41) is 0. The average molecular weight is 268 g/mol. The molecule has 0 N–H and O–H groups in total. The van der Waals surface area contributed by atoms with Crippen molar-refractivity contribution < 1.29 is 4.52 Å². The summed E-state index contributed by atoms with van der Waals surface area (Å²) in [5.41, 5.74) is 1.28. The molecule has 0 radical (unpaired) electrons. The van der Waals surface area contributed by atoms with Gasteiger partial charge >= 0.3 is 0 Å². The van der Waals surface area contributed by atoms with Crippen molar-refractivity contribution in [3.63, 3.8) is 0 Å². The van der Waals surface area contributed by atoms with Crippen LogP contribution in [0.25, 0.3) is 0 Å². The van der Waals surface area contributed by atoms with E-state index in [0.29, 0.717) is 0 Å². The standard InChI is InChI=1S/C12H21N2OPSi/c1-13(17(2,3)4)16-14(10-11-15-16)12-8-6-5-7-9-12/h5-9H,10-11H2,1-4H3. The second kappa shape index (κ2) is 5.07. The highest BCUT2D eigenvalue weighted by atomic mass is 31.2. The Kier molecular flexibility index (Phi) is 3.88. The minimum Gasteiger partial charge on any atom is -0.326 e. The number of hydrogen-bond acceptors (Lipinski definition) is 3. The Morgan fingerprint density at radius 1 is 1.24 bits per heavy atom. The molecule has 1 saturated heterocycles. The third kappa shape index (κ3) is 2.88. The molecule has 0 spiro atoms. The van der Waals surface area contributed by atoms with E-state index in [9.17, 15) is 0 Å². The summed E-state index contributed by atoms with van der Waals surface area (Å²) in [6, 6.07) is 10.6. The summed E-state index contributed by atoms with van der Waals surface area (Å²) in [6.07, 6.45) is 0. The van der Waals surface area contributed by atoms with Crippen LogP contribution in [-0.2, 0) is 4.52 Å². The van der Waals surface area contributed by atoms with Gasteiger partial charge < -0.3 is 9.19 Å². The summed E-state index contributed by atoms with van der Waals surface area (Å²) in [7, 11) is 0.297. The molecule has 94 valence electrons. The van der Waals surface area contributed by atoms with Gasteiger partial charge in [-0.1, -0.05) is 37.8 Å². The van der Waals surface area contributed by atoms with Crippen LogP contribution in [0.5, 0.6) is 0 Å². The summed E-state index contributed by atoms with van der Waals surface area (Å²) in [5.74, 6) is 0. The van der Waals surface area contributed by atoms with E-state index >= 15 is 0 Å². The molecule has 1 heterocycles. The van der Waals surface area contributed by atoms with Gasteiger partial charge in [0.05, 0.1) is 6.61 Å². The van der Waals surface area contributed by atoms with Gasteiger partial charge in [0.25, 0.3) is 0 Å². The van der Waals surface area contributed by atoms with Crippen molar-refractivity contribution in [1.82, 2.24) is 4.34 Å². The molecule has 1 aromatic carbocycles. The van der Waals surface area contributed by atoms with E-state index in [4.69, 9.17) is 4.52 Å². The lowest BCUT2D eigenvalue weighted by atomic mass is 10.3. The van der Waals surface area contributed by atoms with Crippen molar-refractivity contribution in [3.8, 4) is 0 Å². The van der Waals surface area contributed by atoms with Crippen molar-refractivity contribution in [2.45, 2.75) is 19.6 Å². The lowest BCUT2D eigenvalue weighted by Crippen LogP contribution is -2.41. The first-order chi connectivity index (χ1) is 8.00. The molecule has 0 aromatic heterocycles. The van der Waals surface area contributed by atoms with Crippen LogP contribution in [0.15, 0.2) is 30.3 Å². The fourth-order valence-electron chi connectivity index (χ4n) is 1.70. The Balaban J connectivity index is 2.19. The maximum absolute atomic E-state index is 5.96. The van der Waals surface area contributed by atoms with Gasteiger partial charge in [0, 0.05) is 12.2 Å². The van der Waals surface area contributed by atoms with Crippen molar-refractivity contribution in [1.29, 1.82) is 0 Å². The normalized spacial score (nSPS) is 21.2. The van der Waals surface area contributed by atoms with E-state index in [1.807, 2.05) is 0 Å². The monoisotopic (exact) mass is 268 g/mol. The Hall–Kier alpha value is -0.413. The largest absolute Gasteiger partial charge is 0.326 e. The topological polar surface area (TPSA) is 15.7 Å². The molecule has 1 aromatic rings. The smallest absolute Gasteiger partial charge is 0.210 e. The first kappa shape index (κ1) is 13.0. The molecule has 0 saturated carbocycles. The third-order valence-electron chi connectivity index (χ3n) is 3.00. The Morgan fingerprint density at radius 2 is 1.88 bits per heavy atom. The fraction of sp³-hybridized carbons (Fsp3) is 0.500. The maximum atomic E-state index is 5.96. The lowest BCUT2D eigenvalue weighted by Gasteiger charge is -2.38. The molecule has 1 unspecified atom stereocenters. The third-order valence-corrected chi connectivity index (χ3v) is 9.02. The number of nitrogens with zero attached hydrogens (tertiary/aromatic N) is 2. The minimum absolute atomic E-state index is 0.606. The van der Waals surface area contributed by atoms with Crippen LogP contribution >= 0.6 is 8.45 Å². The van der Waals surface area contributed by atoms with Crippen LogP contribution in [0.2, 0.25) is 19.6 Å². The zero-order chi connectivity index (χ0) is 12.5. The Morgan fingerprint density at radius 3 is 2.47 bits per heavy atom. The second-order valence-corrected chi connectivity index (χ2v) is 12.5. The highest BCUT2D eigenvalue weighted by Crippen LogP contribution is 2.52. The highest BCUT2D eigenvalue weighted by molar-refractivity contribution is 7.54. The second-order valence-electron chi connectivity index (χ2n) is 5.24. The molecule has 1 aliphatic rings. The van der Waals surface area contributed by atoms with Crippen LogP contribution < -0.4 is 4.67 Å². The number of benzene rings is 1. The molecule has 2 rings (SSSR count). The SMILES string of the molecule is CN(P1OCCN1c1ccccc1)[Si](C)(C)C. The Labute approximate surface area is 106 Å². The lowest BCUT2D eigenvalue weighted by molar-refractivity contribution is 0.382. The average Bonchev–Trinajstić information content (AvgIpc) is 2.76. The predicted molar refractivity (Wildman–Crippen MR) is 77.8 cm³/mol. The summed E-state index contributed by atoms with van der Waals surface area (Å²) >= 11 is 0. The van der Waals surface area contributed by atoms with Crippen LogP contribution in [0.1, 0.15) is 0 Å². The number of anilines is 1. The zero-order valence-electron chi connectivity index (χ0n) is 11.1. The first-order valence-electron chi connectivity index (χ1n) is 5.99. The highest BCUT2D eigenvalue weighted by Gasteiger charge is 2.36. The van der Waals surface area contributed by atoms with E-state index in [-0.39, 0.29) is 0 Å². The quantitative estimate of drug-likeness (QED) is 0.616. The van der Waals surface area contributed by atoms with Gasteiger partial charge in [-0.05, 0) is 19.2 Å². The molecule has 0 aliphatic carbocycles. The maximum Gasteiger partial charge on any atom is 0.210 e. The molecule has 3 nitrogen and oxygen atoms in total. The van der Waals surface area contributed by atoms with Gasteiger partial charge in [-0.2, -0.15) is 0 Å². The van der Waals surface area contributed by atoms with Crippen LogP contribution in [0.4, 0.5) is 5.69 Å². The molecule has 1 fully saturated rings. The summed E-state index contributed by atoms with van der Waals surface area (Å²) in [4.78, 5) is 0. The summed E-state index contributed by atoms with van der Waals surface area (Å²) in [6.45, 7) is 8.93. The van der Waals surface area contributed by atoms with Gasteiger partial charge in [-0.15, -0.1) is 0 Å². The van der Waals surface area contributed by atoms with Gasteiger partial charge in [-0.25, -0.2) is 0 Å². The van der Waals surface area contributed by atoms with Gasteiger partial charge in [-0.3, -0.25) is 4.34 Å². The molecular formula is C12H21N2OPSi. The number of hydrogen-bond donors (Lipinski definition) is 0. The summed E-state index contributed by atoms with van der Waals surface area (Å²) < 4.78 is 10.8. The van der Waals surface area contributed by atoms with E-state index in [0.717, 1.165) is 13.2 Å². The van der Waals surface area contributed by atoms with E-state index < -0.39 is 16.7 Å². The molecule has 1 aliphatic heterocycles. The van der Waals surface area contributed by atoms with Crippen molar-refractivity contribution in [2.24, 2.45) is 0 Å².